The Balaban J connectivity index is 2.11. The first-order valence-electron chi connectivity index (χ1n) is 7.54. The summed E-state index contributed by atoms with van der Waals surface area (Å²) in [5, 5.41) is 9.20. The number of hydrogen-bond donors (Lipinski definition) is 1. The summed E-state index contributed by atoms with van der Waals surface area (Å²) in [6.45, 7) is 1.42. The number of rotatable bonds is 5. The molecule has 1 N–H and O–H groups in total. The summed E-state index contributed by atoms with van der Waals surface area (Å²) >= 11 is 0. The molecule has 0 aromatic heterocycles. The molecule has 0 unspecified atom stereocenters. The highest BCUT2D eigenvalue weighted by atomic mass is 32.2. The lowest BCUT2D eigenvalue weighted by Gasteiger charge is -2.37. The van der Waals surface area contributed by atoms with E-state index in [4.69, 9.17) is 0 Å². The minimum atomic E-state index is -3.38. The van der Waals surface area contributed by atoms with Crippen molar-refractivity contribution in [3.8, 4) is 0 Å². The zero-order valence-electron chi connectivity index (χ0n) is 11.6. The van der Waals surface area contributed by atoms with Gasteiger partial charge in [0.05, 0.1) is 6.61 Å². The van der Waals surface area contributed by atoms with Crippen molar-refractivity contribution in [3.63, 3.8) is 0 Å². The standard InChI is InChI=1S/C13H26N2O3S/c16-12-11-15(13-7-3-1-4-8-13)19(17,18)14-9-5-2-6-10-14/h13,16H,1-12H2. The quantitative estimate of drug-likeness (QED) is 0.831. The van der Waals surface area contributed by atoms with Crippen molar-refractivity contribution in [1.29, 1.82) is 0 Å². The van der Waals surface area contributed by atoms with Gasteiger partial charge in [-0.25, -0.2) is 0 Å². The molecule has 0 amide bonds. The molecule has 1 saturated heterocycles. The van der Waals surface area contributed by atoms with E-state index in [1.807, 2.05) is 0 Å². The first-order valence-corrected chi connectivity index (χ1v) is 8.94. The van der Waals surface area contributed by atoms with Gasteiger partial charge in [-0.3, -0.25) is 0 Å². The second-order valence-electron chi connectivity index (χ2n) is 5.59. The Kier molecular flexibility index (Phi) is 5.62. The minimum absolute atomic E-state index is 0.0906. The van der Waals surface area contributed by atoms with Crippen LogP contribution in [0.2, 0.25) is 0 Å². The fourth-order valence-electron chi connectivity index (χ4n) is 3.20. The molecular weight excluding hydrogens is 264 g/mol. The van der Waals surface area contributed by atoms with Crippen molar-refractivity contribution in [3.05, 3.63) is 0 Å². The third-order valence-electron chi connectivity index (χ3n) is 4.24. The maximum absolute atomic E-state index is 12.7. The Hall–Kier alpha value is -0.170. The zero-order chi connectivity index (χ0) is 13.7. The van der Waals surface area contributed by atoms with E-state index in [9.17, 15) is 13.5 Å². The van der Waals surface area contributed by atoms with E-state index in [0.29, 0.717) is 13.1 Å². The van der Waals surface area contributed by atoms with E-state index >= 15 is 0 Å². The molecule has 2 rings (SSSR count). The summed E-state index contributed by atoms with van der Waals surface area (Å²) in [6.07, 6.45) is 8.31. The molecule has 0 aromatic carbocycles. The minimum Gasteiger partial charge on any atom is -0.395 e. The van der Waals surface area contributed by atoms with Gasteiger partial charge in [-0.2, -0.15) is 17.0 Å². The van der Waals surface area contributed by atoms with Crippen LogP contribution in [0, 0.1) is 0 Å². The second-order valence-corrected chi connectivity index (χ2v) is 7.47. The molecule has 0 radical (unpaired) electrons. The van der Waals surface area contributed by atoms with Crippen LogP contribution in [-0.2, 0) is 10.2 Å². The molecular formula is C13H26N2O3S. The molecule has 0 atom stereocenters. The van der Waals surface area contributed by atoms with Crippen molar-refractivity contribution >= 4 is 10.2 Å². The van der Waals surface area contributed by atoms with Crippen molar-refractivity contribution in [2.45, 2.75) is 57.4 Å². The summed E-state index contributed by atoms with van der Waals surface area (Å²) < 4.78 is 28.6. The maximum atomic E-state index is 12.7. The molecule has 1 heterocycles. The molecule has 0 spiro atoms. The third-order valence-corrected chi connectivity index (χ3v) is 6.33. The summed E-state index contributed by atoms with van der Waals surface area (Å²) in [5.74, 6) is 0. The van der Waals surface area contributed by atoms with Crippen LogP contribution < -0.4 is 0 Å². The van der Waals surface area contributed by atoms with E-state index in [1.54, 1.807) is 8.61 Å². The first-order chi connectivity index (χ1) is 9.16. The van der Waals surface area contributed by atoms with Crippen molar-refractivity contribution in [2.24, 2.45) is 0 Å². The number of hydrogen-bond acceptors (Lipinski definition) is 3. The van der Waals surface area contributed by atoms with Crippen LogP contribution in [0.4, 0.5) is 0 Å². The van der Waals surface area contributed by atoms with Gasteiger partial charge in [-0.1, -0.05) is 25.7 Å². The van der Waals surface area contributed by atoms with Crippen LogP contribution in [0.15, 0.2) is 0 Å². The van der Waals surface area contributed by atoms with Crippen molar-refractivity contribution in [1.82, 2.24) is 8.61 Å². The number of aliphatic hydroxyl groups is 1. The third kappa shape index (κ3) is 3.68. The van der Waals surface area contributed by atoms with Crippen LogP contribution in [0.25, 0.3) is 0 Å². The number of aliphatic hydroxyl groups excluding tert-OH is 1. The smallest absolute Gasteiger partial charge is 0.282 e. The van der Waals surface area contributed by atoms with Gasteiger partial charge < -0.3 is 5.11 Å². The van der Waals surface area contributed by atoms with Gasteiger partial charge >= 0.3 is 0 Å². The highest BCUT2D eigenvalue weighted by Gasteiger charge is 2.35. The van der Waals surface area contributed by atoms with Gasteiger partial charge in [0.1, 0.15) is 0 Å². The van der Waals surface area contributed by atoms with E-state index in [1.165, 1.54) is 6.42 Å². The van der Waals surface area contributed by atoms with Crippen LogP contribution >= 0.6 is 0 Å². The maximum Gasteiger partial charge on any atom is 0.282 e. The average molecular weight is 290 g/mol. The molecule has 6 heteroatoms. The fraction of sp³-hybridized carbons (Fsp3) is 1.00. The van der Waals surface area contributed by atoms with Gasteiger partial charge in [-0.05, 0) is 25.7 Å². The van der Waals surface area contributed by atoms with E-state index in [0.717, 1.165) is 44.9 Å². The van der Waals surface area contributed by atoms with Gasteiger partial charge in [0.25, 0.3) is 10.2 Å². The predicted molar refractivity (Wildman–Crippen MR) is 75.0 cm³/mol. The second kappa shape index (κ2) is 7.02. The lowest BCUT2D eigenvalue weighted by atomic mass is 9.95. The lowest BCUT2D eigenvalue weighted by molar-refractivity contribution is 0.185. The zero-order valence-corrected chi connectivity index (χ0v) is 12.4. The van der Waals surface area contributed by atoms with Gasteiger partial charge in [0, 0.05) is 25.7 Å². The van der Waals surface area contributed by atoms with Crippen molar-refractivity contribution < 1.29 is 13.5 Å². The Morgan fingerprint density at radius 3 is 2.16 bits per heavy atom. The highest BCUT2D eigenvalue weighted by Crippen LogP contribution is 2.27. The number of piperidine rings is 1. The first kappa shape index (κ1) is 15.2. The van der Waals surface area contributed by atoms with E-state index in [-0.39, 0.29) is 19.2 Å². The molecule has 5 nitrogen and oxygen atoms in total. The summed E-state index contributed by atoms with van der Waals surface area (Å²) in [4.78, 5) is 0. The molecule has 2 aliphatic rings. The van der Waals surface area contributed by atoms with Crippen LogP contribution in [-0.4, -0.2) is 54.4 Å². The fourth-order valence-corrected chi connectivity index (χ4v) is 5.11. The Morgan fingerprint density at radius 1 is 1.00 bits per heavy atom. The predicted octanol–water partition coefficient (Wildman–Crippen LogP) is 1.34. The summed E-state index contributed by atoms with van der Waals surface area (Å²) in [5.41, 5.74) is 0. The topological polar surface area (TPSA) is 60.9 Å². The highest BCUT2D eigenvalue weighted by molar-refractivity contribution is 7.86. The average Bonchev–Trinajstić information content (AvgIpc) is 2.46. The molecule has 1 saturated carbocycles. The normalized spacial score (nSPS) is 23.9. The van der Waals surface area contributed by atoms with Crippen LogP contribution in [0.5, 0.6) is 0 Å². The Bertz CT molecular complexity index is 360. The van der Waals surface area contributed by atoms with Crippen LogP contribution in [0.1, 0.15) is 51.4 Å². The Morgan fingerprint density at radius 2 is 1.58 bits per heavy atom. The van der Waals surface area contributed by atoms with Gasteiger partial charge in [0.2, 0.25) is 0 Å². The molecule has 112 valence electrons. The molecule has 0 bridgehead atoms. The molecule has 2 fully saturated rings. The lowest BCUT2D eigenvalue weighted by Crippen LogP contribution is -2.51. The van der Waals surface area contributed by atoms with Crippen molar-refractivity contribution in [2.75, 3.05) is 26.2 Å². The molecule has 1 aliphatic heterocycles. The van der Waals surface area contributed by atoms with Gasteiger partial charge in [0.15, 0.2) is 0 Å². The molecule has 0 aromatic rings. The van der Waals surface area contributed by atoms with Gasteiger partial charge in [-0.15, -0.1) is 0 Å². The monoisotopic (exact) mass is 290 g/mol. The Labute approximate surface area is 116 Å². The summed E-state index contributed by atoms with van der Waals surface area (Å²) in [7, 11) is -3.38. The van der Waals surface area contributed by atoms with E-state index < -0.39 is 10.2 Å². The number of nitrogens with zero attached hydrogens (tertiary/aromatic N) is 2. The largest absolute Gasteiger partial charge is 0.395 e. The summed E-state index contributed by atoms with van der Waals surface area (Å²) in [6, 6.07) is 0.0906. The van der Waals surface area contributed by atoms with E-state index in [2.05, 4.69) is 0 Å². The van der Waals surface area contributed by atoms with Crippen LogP contribution in [0.3, 0.4) is 0 Å². The molecule has 19 heavy (non-hydrogen) atoms. The SMILES string of the molecule is O=S(=O)(N1CCCCC1)N(CCO)C1CCCCC1. The molecule has 1 aliphatic carbocycles.